The Bertz CT molecular complexity index is 994. The van der Waals surface area contributed by atoms with E-state index in [4.69, 9.17) is 4.74 Å². The van der Waals surface area contributed by atoms with Crippen molar-refractivity contribution in [2.24, 2.45) is 0 Å². The summed E-state index contributed by atoms with van der Waals surface area (Å²) < 4.78 is 5.71. The standard InChI is InChI=1S/C26H34N4O4/c1-20(2)21-6-9-23(10-7-21)34-19-26(31)29-16-14-27(15-17-29)22-8-11-24(30(32)33)25(18-22)28-12-4-3-5-13-28/h6-11,18,20H,3-5,12-17,19H2,1-2H3. The summed E-state index contributed by atoms with van der Waals surface area (Å²) in [6.45, 7) is 8.60. The Labute approximate surface area is 201 Å². The molecule has 2 heterocycles. The molecular formula is C26H34N4O4. The zero-order chi connectivity index (χ0) is 24.1. The van der Waals surface area contributed by atoms with E-state index in [1.165, 1.54) is 12.0 Å². The number of carbonyl (C=O) groups excluding carboxylic acids is 1. The molecule has 0 N–H and O–H groups in total. The van der Waals surface area contributed by atoms with Crippen LogP contribution in [-0.2, 0) is 4.79 Å². The molecule has 34 heavy (non-hydrogen) atoms. The lowest BCUT2D eigenvalue weighted by Gasteiger charge is -2.36. The Balaban J connectivity index is 1.34. The smallest absolute Gasteiger partial charge is 0.292 e. The van der Waals surface area contributed by atoms with Crippen LogP contribution in [0, 0.1) is 10.1 Å². The van der Waals surface area contributed by atoms with Crippen LogP contribution in [0.1, 0.15) is 44.6 Å². The van der Waals surface area contributed by atoms with Gasteiger partial charge in [-0.3, -0.25) is 14.9 Å². The first kappa shape index (κ1) is 23.9. The molecule has 0 atom stereocenters. The summed E-state index contributed by atoms with van der Waals surface area (Å²) in [6.07, 6.45) is 3.30. The van der Waals surface area contributed by atoms with Crippen LogP contribution in [0.25, 0.3) is 0 Å². The number of hydrogen-bond donors (Lipinski definition) is 0. The molecule has 4 rings (SSSR count). The molecule has 2 aliphatic rings. The zero-order valence-electron chi connectivity index (χ0n) is 20.1. The summed E-state index contributed by atoms with van der Waals surface area (Å²) in [6, 6.07) is 13.3. The predicted octanol–water partition coefficient (Wildman–Crippen LogP) is 4.44. The highest BCUT2D eigenvalue weighted by molar-refractivity contribution is 5.78. The molecule has 2 aromatic rings. The molecule has 8 heteroatoms. The van der Waals surface area contributed by atoms with Crippen LogP contribution < -0.4 is 14.5 Å². The molecule has 2 aromatic carbocycles. The molecule has 0 aromatic heterocycles. The monoisotopic (exact) mass is 466 g/mol. The Hall–Kier alpha value is -3.29. The number of nitrogens with zero attached hydrogens (tertiary/aromatic N) is 4. The highest BCUT2D eigenvalue weighted by atomic mass is 16.6. The number of rotatable bonds is 7. The van der Waals surface area contributed by atoms with E-state index in [9.17, 15) is 14.9 Å². The van der Waals surface area contributed by atoms with Gasteiger partial charge in [-0.05, 0) is 55.0 Å². The number of ether oxygens (including phenoxy) is 1. The third-order valence-corrected chi connectivity index (χ3v) is 6.76. The number of carbonyl (C=O) groups is 1. The largest absolute Gasteiger partial charge is 0.484 e. The van der Waals surface area contributed by atoms with Gasteiger partial charge in [0, 0.05) is 51.0 Å². The average Bonchev–Trinajstić information content (AvgIpc) is 2.87. The summed E-state index contributed by atoms with van der Waals surface area (Å²) in [7, 11) is 0. The Morgan fingerprint density at radius 1 is 0.941 bits per heavy atom. The minimum Gasteiger partial charge on any atom is -0.484 e. The van der Waals surface area contributed by atoms with Crippen LogP contribution in [0.5, 0.6) is 5.75 Å². The highest BCUT2D eigenvalue weighted by Crippen LogP contribution is 2.34. The number of piperazine rings is 1. The number of amides is 1. The fourth-order valence-corrected chi connectivity index (χ4v) is 4.65. The van der Waals surface area contributed by atoms with Crippen LogP contribution in [0.2, 0.25) is 0 Å². The second-order valence-corrected chi connectivity index (χ2v) is 9.36. The van der Waals surface area contributed by atoms with Gasteiger partial charge in [0.1, 0.15) is 11.4 Å². The van der Waals surface area contributed by atoms with Crippen molar-refractivity contribution in [1.82, 2.24) is 4.90 Å². The van der Waals surface area contributed by atoms with E-state index in [-0.39, 0.29) is 23.1 Å². The van der Waals surface area contributed by atoms with Crippen LogP contribution in [0.4, 0.5) is 17.1 Å². The van der Waals surface area contributed by atoms with Crippen molar-refractivity contribution in [2.45, 2.75) is 39.0 Å². The van der Waals surface area contributed by atoms with Gasteiger partial charge in [-0.15, -0.1) is 0 Å². The van der Waals surface area contributed by atoms with Crippen molar-refractivity contribution in [3.63, 3.8) is 0 Å². The normalized spacial score (nSPS) is 16.6. The quantitative estimate of drug-likeness (QED) is 0.444. The molecule has 0 aliphatic carbocycles. The average molecular weight is 467 g/mol. The lowest BCUT2D eigenvalue weighted by Crippen LogP contribution is -2.50. The molecule has 0 bridgehead atoms. The molecule has 2 aliphatic heterocycles. The Morgan fingerprint density at radius 2 is 1.62 bits per heavy atom. The van der Waals surface area contributed by atoms with Gasteiger partial charge >= 0.3 is 0 Å². The van der Waals surface area contributed by atoms with Crippen molar-refractivity contribution in [2.75, 3.05) is 55.7 Å². The van der Waals surface area contributed by atoms with E-state index in [0.717, 1.165) is 31.6 Å². The highest BCUT2D eigenvalue weighted by Gasteiger charge is 2.25. The van der Waals surface area contributed by atoms with E-state index in [1.54, 1.807) is 6.07 Å². The minimum absolute atomic E-state index is 0.0229. The SMILES string of the molecule is CC(C)c1ccc(OCC(=O)N2CCN(c3ccc([N+](=O)[O-])c(N4CCCCC4)c3)CC2)cc1. The summed E-state index contributed by atoms with van der Waals surface area (Å²) in [5, 5.41) is 11.6. The first-order valence-electron chi connectivity index (χ1n) is 12.2. The maximum atomic E-state index is 12.7. The second kappa shape index (κ2) is 10.8. The number of anilines is 2. The van der Waals surface area contributed by atoms with Crippen molar-refractivity contribution < 1.29 is 14.5 Å². The Morgan fingerprint density at radius 3 is 2.24 bits per heavy atom. The molecule has 0 radical (unpaired) electrons. The van der Waals surface area contributed by atoms with Gasteiger partial charge in [-0.2, -0.15) is 0 Å². The maximum Gasteiger partial charge on any atom is 0.292 e. The van der Waals surface area contributed by atoms with Gasteiger partial charge in [0.25, 0.3) is 11.6 Å². The lowest BCUT2D eigenvalue weighted by molar-refractivity contribution is -0.384. The second-order valence-electron chi connectivity index (χ2n) is 9.36. The van der Waals surface area contributed by atoms with Gasteiger partial charge in [-0.1, -0.05) is 26.0 Å². The number of benzene rings is 2. The van der Waals surface area contributed by atoms with Crippen LogP contribution in [0.15, 0.2) is 42.5 Å². The molecule has 1 amide bonds. The van der Waals surface area contributed by atoms with Crippen molar-refractivity contribution in [1.29, 1.82) is 0 Å². The van der Waals surface area contributed by atoms with Gasteiger partial charge in [0.2, 0.25) is 0 Å². The van der Waals surface area contributed by atoms with Crippen molar-refractivity contribution >= 4 is 23.0 Å². The van der Waals surface area contributed by atoms with Crippen molar-refractivity contribution in [3.05, 3.63) is 58.1 Å². The topological polar surface area (TPSA) is 79.2 Å². The summed E-state index contributed by atoms with van der Waals surface area (Å²) in [5.74, 6) is 1.14. The molecule has 2 fully saturated rings. The number of hydrogen-bond acceptors (Lipinski definition) is 6. The van der Waals surface area contributed by atoms with E-state index in [1.807, 2.05) is 41.3 Å². The first-order chi connectivity index (χ1) is 16.4. The Kier molecular flexibility index (Phi) is 7.55. The van der Waals surface area contributed by atoms with Crippen LogP contribution >= 0.6 is 0 Å². The maximum absolute atomic E-state index is 12.7. The molecule has 2 saturated heterocycles. The number of nitro groups is 1. The van der Waals surface area contributed by atoms with E-state index >= 15 is 0 Å². The third-order valence-electron chi connectivity index (χ3n) is 6.76. The van der Waals surface area contributed by atoms with Gasteiger partial charge in [-0.25, -0.2) is 0 Å². The molecule has 0 saturated carbocycles. The summed E-state index contributed by atoms with van der Waals surface area (Å²) >= 11 is 0. The molecule has 8 nitrogen and oxygen atoms in total. The molecule has 0 unspecified atom stereocenters. The fourth-order valence-electron chi connectivity index (χ4n) is 4.65. The van der Waals surface area contributed by atoms with Crippen LogP contribution in [0.3, 0.4) is 0 Å². The third kappa shape index (κ3) is 5.61. The van der Waals surface area contributed by atoms with Gasteiger partial charge in [0.05, 0.1) is 4.92 Å². The fraction of sp³-hybridized carbons (Fsp3) is 0.500. The first-order valence-corrected chi connectivity index (χ1v) is 12.2. The minimum atomic E-state index is -0.291. The predicted molar refractivity (Wildman–Crippen MR) is 134 cm³/mol. The lowest BCUT2D eigenvalue weighted by atomic mass is 10.0. The number of nitro benzene ring substituents is 1. The zero-order valence-corrected chi connectivity index (χ0v) is 20.1. The molecule has 182 valence electrons. The van der Waals surface area contributed by atoms with Gasteiger partial charge < -0.3 is 19.4 Å². The number of piperidine rings is 1. The van der Waals surface area contributed by atoms with Crippen LogP contribution in [-0.4, -0.2) is 61.6 Å². The van der Waals surface area contributed by atoms with E-state index in [2.05, 4.69) is 23.6 Å². The van der Waals surface area contributed by atoms with Gasteiger partial charge in [0.15, 0.2) is 6.61 Å². The van der Waals surface area contributed by atoms with Crippen molar-refractivity contribution in [3.8, 4) is 5.75 Å². The molecule has 0 spiro atoms. The molecular weight excluding hydrogens is 432 g/mol. The van der Waals surface area contributed by atoms with E-state index < -0.39 is 0 Å². The summed E-state index contributed by atoms with van der Waals surface area (Å²) in [5.41, 5.74) is 3.08. The summed E-state index contributed by atoms with van der Waals surface area (Å²) in [4.78, 5) is 30.1. The van der Waals surface area contributed by atoms with E-state index in [0.29, 0.717) is 43.5 Å².